The number of rotatable bonds is 4. The molecule has 6 heteroatoms. The quantitative estimate of drug-likeness (QED) is 0.528. The largest absolute Gasteiger partial charge is 0.481 e. The van der Waals surface area contributed by atoms with Crippen molar-refractivity contribution in [3.8, 4) is 5.75 Å². The number of nitro groups is 1. The van der Waals surface area contributed by atoms with Crippen molar-refractivity contribution in [1.29, 1.82) is 0 Å². The van der Waals surface area contributed by atoms with Crippen LogP contribution in [0.1, 0.15) is 5.56 Å². The lowest BCUT2D eigenvalue weighted by Gasteiger charge is -2.08. The third kappa shape index (κ3) is 3.14. The lowest BCUT2D eigenvalue weighted by molar-refractivity contribution is -0.385. The molecule has 0 aromatic heterocycles. The lowest BCUT2D eigenvalue weighted by Crippen LogP contribution is -2.00. The van der Waals surface area contributed by atoms with Gasteiger partial charge in [0.05, 0.1) is 9.95 Å². The van der Waals surface area contributed by atoms with E-state index in [9.17, 15) is 10.1 Å². The monoisotopic (exact) mass is 278 g/mol. The van der Waals surface area contributed by atoms with Crippen LogP contribution in [0.2, 0.25) is 5.02 Å². The van der Waals surface area contributed by atoms with Crippen LogP contribution >= 0.6 is 11.6 Å². The first-order chi connectivity index (χ1) is 9.08. The number of benzene rings is 2. The molecular formula is C13H11ClN2O3. The van der Waals surface area contributed by atoms with Gasteiger partial charge in [-0.3, -0.25) is 10.1 Å². The fraction of sp³-hybridized carbons (Fsp3) is 0.0769. The van der Waals surface area contributed by atoms with Gasteiger partial charge in [0.15, 0.2) is 0 Å². The molecule has 0 saturated heterocycles. The van der Waals surface area contributed by atoms with E-state index in [0.29, 0.717) is 5.69 Å². The average Bonchev–Trinajstić information content (AvgIpc) is 2.37. The van der Waals surface area contributed by atoms with E-state index in [0.717, 1.165) is 5.56 Å². The van der Waals surface area contributed by atoms with Crippen LogP contribution in [-0.2, 0) is 6.61 Å². The molecule has 2 aromatic rings. The van der Waals surface area contributed by atoms with Crippen LogP contribution in [-0.4, -0.2) is 4.92 Å². The Labute approximate surface area is 114 Å². The highest BCUT2D eigenvalue weighted by atomic mass is 35.5. The van der Waals surface area contributed by atoms with Gasteiger partial charge in [-0.1, -0.05) is 29.8 Å². The summed E-state index contributed by atoms with van der Waals surface area (Å²) in [6, 6.07) is 11.5. The summed E-state index contributed by atoms with van der Waals surface area (Å²) in [5.74, 6) is 0.0663. The Morgan fingerprint density at radius 1 is 1.26 bits per heavy atom. The maximum atomic E-state index is 10.9. The Bertz CT molecular complexity index is 617. The van der Waals surface area contributed by atoms with Crippen molar-refractivity contribution in [3.05, 3.63) is 63.2 Å². The average molecular weight is 279 g/mol. The van der Waals surface area contributed by atoms with E-state index in [1.54, 1.807) is 24.3 Å². The van der Waals surface area contributed by atoms with Gasteiger partial charge in [0.25, 0.3) is 0 Å². The normalized spacial score (nSPS) is 10.2. The predicted molar refractivity (Wildman–Crippen MR) is 73.3 cm³/mol. The molecule has 0 radical (unpaired) electrons. The summed E-state index contributed by atoms with van der Waals surface area (Å²) in [5.41, 5.74) is 6.91. The van der Waals surface area contributed by atoms with E-state index in [2.05, 4.69) is 0 Å². The number of para-hydroxylation sites is 1. The first-order valence-corrected chi connectivity index (χ1v) is 5.86. The second-order valence-electron chi connectivity index (χ2n) is 3.88. The SMILES string of the molecule is Nc1cccc(COc2c(Cl)cccc2[N+](=O)[O-])c1. The van der Waals surface area contributed by atoms with Crippen LogP contribution < -0.4 is 10.5 Å². The first kappa shape index (κ1) is 13.2. The van der Waals surface area contributed by atoms with Crippen LogP contribution in [0.25, 0.3) is 0 Å². The summed E-state index contributed by atoms with van der Waals surface area (Å²) in [5, 5.41) is 11.1. The standard InChI is InChI=1S/C13H11ClN2O3/c14-11-5-2-6-12(16(17)18)13(11)19-8-9-3-1-4-10(15)7-9/h1-7H,8,15H2. The molecule has 0 aliphatic rings. The molecule has 0 aliphatic heterocycles. The van der Waals surface area contributed by atoms with E-state index in [4.69, 9.17) is 22.1 Å². The zero-order valence-electron chi connectivity index (χ0n) is 9.88. The van der Waals surface area contributed by atoms with E-state index >= 15 is 0 Å². The molecule has 0 atom stereocenters. The molecule has 0 unspecified atom stereocenters. The highest BCUT2D eigenvalue weighted by Gasteiger charge is 2.18. The minimum Gasteiger partial charge on any atom is -0.481 e. The highest BCUT2D eigenvalue weighted by Crippen LogP contribution is 2.34. The molecule has 2 N–H and O–H groups in total. The summed E-state index contributed by atoms with van der Waals surface area (Å²) in [7, 11) is 0. The molecule has 19 heavy (non-hydrogen) atoms. The number of nitrogens with zero attached hydrogens (tertiary/aromatic N) is 1. The zero-order chi connectivity index (χ0) is 13.8. The van der Waals surface area contributed by atoms with Crippen LogP contribution in [0.3, 0.4) is 0 Å². The smallest absolute Gasteiger partial charge is 0.312 e. The maximum Gasteiger partial charge on any atom is 0.312 e. The molecule has 0 heterocycles. The van der Waals surface area contributed by atoms with Gasteiger partial charge in [-0.15, -0.1) is 0 Å². The van der Waals surface area contributed by atoms with Crippen molar-refractivity contribution < 1.29 is 9.66 Å². The number of nitrogens with two attached hydrogens (primary N) is 1. The molecule has 2 aromatic carbocycles. The number of hydrogen-bond acceptors (Lipinski definition) is 4. The summed E-state index contributed by atoms with van der Waals surface area (Å²) in [4.78, 5) is 10.4. The Morgan fingerprint density at radius 2 is 2.00 bits per heavy atom. The van der Waals surface area contributed by atoms with Gasteiger partial charge >= 0.3 is 5.69 Å². The van der Waals surface area contributed by atoms with Gasteiger partial charge in [0.1, 0.15) is 6.61 Å². The van der Waals surface area contributed by atoms with Gasteiger partial charge in [0.2, 0.25) is 5.75 Å². The number of ether oxygens (including phenoxy) is 1. The fourth-order valence-electron chi connectivity index (χ4n) is 1.62. The fourth-order valence-corrected chi connectivity index (χ4v) is 1.85. The second kappa shape index (κ2) is 5.58. The van der Waals surface area contributed by atoms with E-state index in [-0.39, 0.29) is 23.1 Å². The maximum absolute atomic E-state index is 10.9. The van der Waals surface area contributed by atoms with Crippen molar-refractivity contribution in [2.75, 3.05) is 5.73 Å². The van der Waals surface area contributed by atoms with Gasteiger partial charge in [-0.2, -0.15) is 0 Å². The number of halogens is 1. The predicted octanol–water partition coefficient (Wildman–Crippen LogP) is 3.41. The number of nitro benzene ring substituents is 1. The van der Waals surface area contributed by atoms with Crippen molar-refractivity contribution in [2.24, 2.45) is 0 Å². The Balaban J connectivity index is 2.22. The molecular weight excluding hydrogens is 268 g/mol. The molecule has 0 saturated carbocycles. The first-order valence-electron chi connectivity index (χ1n) is 5.48. The topological polar surface area (TPSA) is 78.4 Å². The van der Waals surface area contributed by atoms with Crippen LogP contribution in [0.15, 0.2) is 42.5 Å². The van der Waals surface area contributed by atoms with Crippen molar-refractivity contribution in [3.63, 3.8) is 0 Å². The van der Waals surface area contributed by atoms with Crippen LogP contribution in [0, 0.1) is 10.1 Å². The molecule has 0 aliphatic carbocycles. The Kier molecular flexibility index (Phi) is 3.87. The van der Waals surface area contributed by atoms with Gasteiger partial charge in [-0.05, 0) is 23.8 Å². The molecule has 98 valence electrons. The van der Waals surface area contributed by atoms with Gasteiger partial charge in [0, 0.05) is 11.8 Å². The Morgan fingerprint density at radius 3 is 2.68 bits per heavy atom. The van der Waals surface area contributed by atoms with E-state index in [1.165, 1.54) is 12.1 Å². The summed E-state index contributed by atoms with van der Waals surface area (Å²) >= 11 is 5.92. The third-order valence-electron chi connectivity index (χ3n) is 2.48. The van der Waals surface area contributed by atoms with Crippen molar-refractivity contribution in [1.82, 2.24) is 0 Å². The molecule has 5 nitrogen and oxygen atoms in total. The summed E-state index contributed by atoms with van der Waals surface area (Å²) in [6.45, 7) is 0.162. The van der Waals surface area contributed by atoms with Gasteiger partial charge < -0.3 is 10.5 Å². The molecule has 0 fully saturated rings. The number of anilines is 1. The van der Waals surface area contributed by atoms with Crippen LogP contribution in [0.5, 0.6) is 5.75 Å². The zero-order valence-corrected chi connectivity index (χ0v) is 10.6. The van der Waals surface area contributed by atoms with Crippen molar-refractivity contribution >= 4 is 23.0 Å². The van der Waals surface area contributed by atoms with E-state index in [1.807, 2.05) is 6.07 Å². The highest BCUT2D eigenvalue weighted by molar-refractivity contribution is 6.32. The summed E-state index contributed by atoms with van der Waals surface area (Å²) in [6.07, 6.45) is 0. The minimum atomic E-state index is -0.527. The molecule has 0 bridgehead atoms. The minimum absolute atomic E-state index is 0.0663. The Hall–Kier alpha value is -2.27. The second-order valence-corrected chi connectivity index (χ2v) is 4.29. The van der Waals surface area contributed by atoms with Crippen LogP contribution in [0.4, 0.5) is 11.4 Å². The molecule has 0 amide bonds. The van der Waals surface area contributed by atoms with Gasteiger partial charge in [-0.25, -0.2) is 0 Å². The van der Waals surface area contributed by atoms with E-state index < -0.39 is 4.92 Å². The third-order valence-corrected chi connectivity index (χ3v) is 2.77. The summed E-state index contributed by atoms with van der Waals surface area (Å²) < 4.78 is 5.44. The number of nitrogen functional groups attached to an aromatic ring is 1. The molecule has 0 spiro atoms. The lowest BCUT2D eigenvalue weighted by atomic mass is 10.2. The molecule has 2 rings (SSSR count). The number of hydrogen-bond donors (Lipinski definition) is 1. The van der Waals surface area contributed by atoms with Crippen molar-refractivity contribution in [2.45, 2.75) is 6.61 Å².